The molecular weight excluding hydrogens is 498 g/mol. The Kier molecular flexibility index (Phi) is 9.03. The van der Waals surface area contributed by atoms with Crippen LogP contribution >= 0.6 is 11.3 Å². The second-order valence-electron chi connectivity index (χ2n) is 8.65. The summed E-state index contributed by atoms with van der Waals surface area (Å²) in [7, 11) is 0. The first kappa shape index (κ1) is 27.5. The van der Waals surface area contributed by atoms with Crippen LogP contribution < -0.4 is 10.6 Å². The number of carbonyl (C=O) groups is 2. The molecule has 1 aliphatic rings. The Bertz CT molecular complexity index is 1090. The summed E-state index contributed by atoms with van der Waals surface area (Å²) in [4.78, 5) is 30.4. The molecule has 0 spiro atoms. The summed E-state index contributed by atoms with van der Waals surface area (Å²) in [6, 6.07) is 5.39. The van der Waals surface area contributed by atoms with Crippen molar-refractivity contribution < 1.29 is 27.2 Å². The zero-order valence-electron chi connectivity index (χ0n) is 19.6. The van der Waals surface area contributed by atoms with Crippen LogP contribution in [-0.4, -0.2) is 53.4 Å². The van der Waals surface area contributed by atoms with E-state index < -0.39 is 41.8 Å². The van der Waals surface area contributed by atoms with Gasteiger partial charge in [0.15, 0.2) is 5.67 Å². The van der Waals surface area contributed by atoms with E-state index in [-0.39, 0.29) is 24.4 Å². The van der Waals surface area contributed by atoms with E-state index in [0.29, 0.717) is 30.9 Å². The van der Waals surface area contributed by atoms with Crippen LogP contribution in [-0.2, 0) is 16.6 Å². The number of carbonyl (C=O) groups excluding carboxylic acids is 2. The van der Waals surface area contributed by atoms with Crippen LogP contribution in [0.1, 0.15) is 53.5 Å². The van der Waals surface area contributed by atoms with Gasteiger partial charge in [-0.25, -0.2) is 9.37 Å². The molecule has 0 saturated carbocycles. The fourth-order valence-electron chi connectivity index (χ4n) is 4.14. The molecule has 3 rings (SSSR count). The largest absolute Gasteiger partial charge is 0.416 e. The molecule has 12 heteroatoms. The summed E-state index contributed by atoms with van der Waals surface area (Å²) in [6.45, 7) is 2.29. The number of hydrogen-bond donors (Lipinski definition) is 2. The van der Waals surface area contributed by atoms with Gasteiger partial charge in [0.1, 0.15) is 5.01 Å². The van der Waals surface area contributed by atoms with E-state index in [0.717, 1.165) is 18.2 Å². The third-order valence-corrected chi connectivity index (χ3v) is 7.18. The van der Waals surface area contributed by atoms with Crippen molar-refractivity contribution >= 4 is 23.2 Å². The normalized spacial score (nSPS) is 18.7. The van der Waals surface area contributed by atoms with E-state index in [1.54, 1.807) is 18.5 Å². The molecule has 0 radical (unpaired) electrons. The smallest absolute Gasteiger partial charge is 0.350 e. The van der Waals surface area contributed by atoms with Gasteiger partial charge in [0.25, 0.3) is 5.91 Å². The Hall–Kier alpha value is -3.04. The van der Waals surface area contributed by atoms with Crippen LogP contribution in [0.2, 0.25) is 0 Å². The summed E-state index contributed by atoms with van der Waals surface area (Å²) in [6.07, 6.45) is -1.72. The zero-order valence-corrected chi connectivity index (χ0v) is 20.5. The van der Waals surface area contributed by atoms with Crippen molar-refractivity contribution in [3.63, 3.8) is 0 Å². The number of hydrogen-bond acceptors (Lipinski definition) is 6. The van der Waals surface area contributed by atoms with Gasteiger partial charge in [-0.15, -0.1) is 11.3 Å². The van der Waals surface area contributed by atoms with Gasteiger partial charge in [0.2, 0.25) is 5.91 Å². The van der Waals surface area contributed by atoms with Crippen molar-refractivity contribution in [3.8, 4) is 6.07 Å². The predicted molar refractivity (Wildman–Crippen MR) is 126 cm³/mol. The van der Waals surface area contributed by atoms with Gasteiger partial charge in [-0.05, 0) is 43.9 Å². The molecule has 2 aromatic rings. The third kappa shape index (κ3) is 7.01. The monoisotopic (exact) mass is 525 g/mol. The molecule has 3 atom stereocenters. The van der Waals surface area contributed by atoms with Crippen molar-refractivity contribution in [2.75, 3.05) is 19.6 Å². The summed E-state index contributed by atoms with van der Waals surface area (Å²) in [5, 5.41) is 16.9. The lowest BCUT2D eigenvalue weighted by Crippen LogP contribution is -2.44. The Labute approximate surface area is 210 Å². The van der Waals surface area contributed by atoms with Gasteiger partial charge in [0, 0.05) is 36.3 Å². The highest BCUT2D eigenvalue weighted by atomic mass is 32.1. The standard InChI is InChI=1S/C24H27F4N5O2S/c1-2-23(25,22-30-9-11-36-22)8-6-19(13-29)33-10-7-18(15-33)32-20(34)14-31-21(35)16-4-3-5-17(12-16)24(26,27)28/h3-5,9,11-12,18-19H,2,6-8,10,14-15H2,1H3,(H,31,35)(H,32,34)/t18-,19?,23?/m1/s1. The Balaban J connectivity index is 1.46. The van der Waals surface area contributed by atoms with Crippen LogP contribution in [0.4, 0.5) is 17.6 Å². The minimum absolute atomic E-state index is 0.157. The maximum atomic E-state index is 15.3. The molecule has 2 unspecified atom stereocenters. The molecule has 2 heterocycles. The second-order valence-corrected chi connectivity index (χ2v) is 9.54. The number of halogens is 4. The van der Waals surface area contributed by atoms with Crippen LogP contribution in [0.15, 0.2) is 35.8 Å². The van der Waals surface area contributed by atoms with Gasteiger partial charge in [0.05, 0.1) is 24.2 Å². The van der Waals surface area contributed by atoms with Crippen molar-refractivity contribution in [3.05, 3.63) is 52.0 Å². The molecule has 1 aliphatic heterocycles. The molecule has 2 N–H and O–H groups in total. The van der Waals surface area contributed by atoms with E-state index in [1.165, 1.54) is 17.4 Å². The number of rotatable bonds is 10. The highest BCUT2D eigenvalue weighted by molar-refractivity contribution is 7.09. The quantitative estimate of drug-likeness (QED) is 0.457. The van der Waals surface area contributed by atoms with Crippen LogP contribution in [0, 0.1) is 11.3 Å². The lowest BCUT2D eigenvalue weighted by atomic mass is 9.94. The Morgan fingerprint density at radius 3 is 2.75 bits per heavy atom. The number of aromatic nitrogens is 1. The zero-order chi connectivity index (χ0) is 26.3. The van der Waals surface area contributed by atoms with Crippen molar-refractivity contribution in [1.82, 2.24) is 20.5 Å². The first-order chi connectivity index (χ1) is 17.1. The molecule has 2 amide bonds. The number of alkyl halides is 4. The SMILES string of the molecule is CCC(F)(CCC(C#N)N1CC[C@@H](NC(=O)CNC(=O)c2cccc(C(F)(F)F)c2)C1)c1nccs1. The number of likely N-dealkylation sites (tertiary alicyclic amines) is 1. The predicted octanol–water partition coefficient (Wildman–Crippen LogP) is 4.03. The van der Waals surface area contributed by atoms with E-state index >= 15 is 4.39 Å². The Morgan fingerprint density at radius 1 is 1.33 bits per heavy atom. The van der Waals surface area contributed by atoms with Crippen LogP contribution in [0.5, 0.6) is 0 Å². The molecule has 0 bridgehead atoms. The number of thiazole rings is 1. The number of nitrogens with zero attached hydrogens (tertiary/aromatic N) is 3. The second kappa shape index (κ2) is 11.8. The van der Waals surface area contributed by atoms with Crippen LogP contribution in [0.3, 0.4) is 0 Å². The molecule has 1 saturated heterocycles. The van der Waals surface area contributed by atoms with Gasteiger partial charge < -0.3 is 10.6 Å². The molecule has 1 fully saturated rings. The van der Waals surface area contributed by atoms with E-state index in [1.807, 2.05) is 4.90 Å². The number of nitrogens with one attached hydrogen (secondary N) is 2. The molecule has 36 heavy (non-hydrogen) atoms. The minimum Gasteiger partial charge on any atom is -0.350 e. The Morgan fingerprint density at radius 2 is 2.11 bits per heavy atom. The maximum Gasteiger partial charge on any atom is 0.416 e. The van der Waals surface area contributed by atoms with Crippen LogP contribution in [0.25, 0.3) is 0 Å². The van der Waals surface area contributed by atoms with E-state index in [2.05, 4.69) is 21.7 Å². The van der Waals surface area contributed by atoms with Gasteiger partial charge in [-0.2, -0.15) is 18.4 Å². The van der Waals surface area contributed by atoms with Crippen molar-refractivity contribution in [1.29, 1.82) is 5.26 Å². The molecule has 0 aliphatic carbocycles. The molecular formula is C24H27F4N5O2S. The lowest BCUT2D eigenvalue weighted by Gasteiger charge is -2.26. The van der Waals surface area contributed by atoms with Crippen molar-refractivity contribution in [2.24, 2.45) is 0 Å². The fraction of sp³-hybridized carbons (Fsp3) is 0.500. The lowest BCUT2D eigenvalue weighted by molar-refractivity contribution is -0.137. The summed E-state index contributed by atoms with van der Waals surface area (Å²) >= 11 is 1.25. The molecule has 1 aromatic heterocycles. The van der Waals surface area contributed by atoms with E-state index in [4.69, 9.17) is 0 Å². The molecule has 194 valence electrons. The summed E-state index contributed by atoms with van der Waals surface area (Å²) in [5.41, 5.74) is -2.74. The summed E-state index contributed by atoms with van der Waals surface area (Å²) < 4.78 is 53.8. The van der Waals surface area contributed by atoms with E-state index in [9.17, 15) is 28.0 Å². The number of nitriles is 1. The third-order valence-electron chi connectivity index (χ3n) is 6.23. The minimum atomic E-state index is -4.58. The fourth-order valence-corrected chi connectivity index (χ4v) is 4.97. The highest BCUT2D eigenvalue weighted by Crippen LogP contribution is 2.37. The average molecular weight is 526 g/mol. The van der Waals surface area contributed by atoms with Crippen molar-refractivity contribution in [2.45, 2.75) is 56.5 Å². The summed E-state index contributed by atoms with van der Waals surface area (Å²) in [5.74, 6) is -1.28. The maximum absolute atomic E-state index is 15.3. The number of benzene rings is 1. The van der Waals surface area contributed by atoms with Gasteiger partial charge in [-0.3, -0.25) is 14.5 Å². The first-order valence-corrected chi connectivity index (χ1v) is 12.4. The molecule has 7 nitrogen and oxygen atoms in total. The van der Waals surface area contributed by atoms with Gasteiger partial charge >= 0.3 is 6.18 Å². The first-order valence-electron chi connectivity index (χ1n) is 11.5. The highest BCUT2D eigenvalue weighted by Gasteiger charge is 2.36. The topological polar surface area (TPSA) is 98.1 Å². The van der Waals surface area contributed by atoms with Gasteiger partial charge in [-0.1, -0.05) is 13.0 Å². The number of amides is 2. The average Bonchev–Trinajstić information content (AvgIpc) is 3.55. The molecule has 1 aromatic carbocycles.